The molecule has 4 N–H and O–H groups in total. The molecule has 21 heavy (non-hydrogen) atoms. The first kappa shape index (κ1) is 15.4. The molecular formula is C13H17N5O2S. The summed E-state index contributed by atoms with van der Waals surface area (Å²) in [6.07, 6.45) is 3.03. The summed E-state index contributed by atoms with van der Waals surface area (Å²) in [5, 5.41) is 0. The average Bonchev–Trinajstić information content (AvgIpc) is 2.49. The van der Waals surface area contributed by atoms with Gasteiger partial charge in [-0.15, -0.1) is 0 Å². The van der Waals surface area contributed by atoms with Crippen LogP contribution in [-0.2, 0) is 16.4 Å². The van der Waals surface area contributed by atoms with Crippen molar-refractivity contribution in [1.82, 2.24) is 14.7 Å². The van der Waals surface area contributed by atoms with Crippen molar-refractivity contribution in [3.8, 4) is 0 Å². The lowest BCUT2D eigenvalue weighted by Gasteiger charge is -2.08. The minimum Gasteiger partial charge on any atom is -0.292 e. The molecule has 2 aromatic rings. The fourth-order valence-electron chi connectivity index (χ4n) is 1.82. The SMILES string of the molecule is Cc1ccccc1CCNS(=O)(=O)c1cnc(NN)nc1. The zero-order valence-electron chi connectivity index (χ0n) is 11.6. The lowest BCUT2D eigenvalue weighted by Crippen LogP contribution is -2.26. The Morgan fingerprint density at radius 2 is 1.86 bits per heavy atom. The normalized spacial score (nSPS) is 11.3. The third kappa shape index (κ3) is 3.97. The van der Waals surface area contributed by atoms with Crippen molar-refractivity contribution in [3.63, 3.8) is 0 Å². The van der Waals surface area contributed by atoms with Gasteiger partial charge in [0.25, 0.3) is 0 Å². The number of nitrogen functional groups attached to an aromatic ring is 1. The molecule has 0 aliphatic heterocycles. The summed E-state index contributed by atoms with van der Waals surface area (Å²) in [6.45, 7) is 2.31. The Bertz CT molecular complexity index is 701. The Morgan fingerprint density at radius 1 is 1.19 bits per heavy atom. The molecule has 1 aromatic carbocycles. The molecule has 2 rings (SSSR count). The lowest BCUT2D eigenvalue weighted by molar-refractivity contribution is 0.580. The zero-order valence-corrected chi connectivity index (χ0v) is 12.4. The summed E-state index contributed by atoms with van der Waals surface area (Å²) >= 11 is 0. The summed E-state index contributed by atoms with van der Waals surface area (Å²) in [5.41, 5.74) is 4.49. The van der Waals surface area contributed by atoms with E-state index in [4.69, 9.17) is 5.84 Å². The number of hydrogen-bond donors (Lipinski definition) is 3. The number of aryl methyl sites for hydroxylation is 1. The third-order valence-corrected chi connectivity index (χ3v) is 4.43. The molecule has 0 saturated heterocycles. The number of hydrazine groups is 1. The van der Waals surface area contributed by atoms with E-state index >= 15 is 0 Å². The first-order valence-corrected chi connectivity index (χ1v) is 7.84. The molecule has 0 spiro atoms. The number of nitrogens with two attached hydrogens (primary N) is 1. The van der Waals surface area contributed by atoms with Gasteiger partial charge in [0.1, 0.15) is 4.90 Å². The smallest absolute Gasteiger partial charge is 0.243 e. The quantitative estimate of drug-likeness (QED) is 0.532. The number of nitrogens with zero attached hydrogens (tertiary/aromatic N) is 2. The highest BCUT2D eigenvalue weighted by atomic mass is 32.2. The fraction of sp³-hybridized carbons (Fsp3) is 0.231. The van der Waals surface area contributed by atoms with Crippen LogP contribution in [0.1, 0.15) is 11.1 Å². The second-order valence-corrected chi connectivity index (χ2v) is 6.23. The van der Waals surface area contributed by atoms with Crippen LogP contribution in [0.15, 0.2) is 41.6 Å². The van der Waals surface area contributed by atoms with Crippen LogP contribution >= 0.6 is 0 Å². The summed E-state index contributed by atoms with van der Waals surface area (Å²) in [6, 6.07) is 7.86. The molecule has 0 saturated carbocycles. The monoisotopic (exact) mass is 307 g/mol. The standard InChI is InChI=1S/C13H17N5O2S/c1-10-4-2-3-5-11(10)6-7-17-21(19,20)12-8-15-13(18-14)16-9-12/h2-5,8-9,17H,6-7,14H2,1H3,(H,15,16,18). The molecule has 1 heterocycles. The molecule has 0 bridgehead atoms. The van der Waals surface area contributed by atoms with E-state index in [1.807, 2.05) is 31.2 Å². The van der Waals surface area contributed by atoms with E-state index in [1.165, 1.54) is 12.4 Å². The van der Waals surface area contributed by atoms with E-state index in [9.17, 15) is 8.42 Å². The van der Waals surface area contributed by atoms with E-state index in [0.29, 0.717) is 13.0 Å². The summed E-state index contributed by atoms with van der Waals surface area (Å²) < 4.78 is 26.7. The van der Waals surface area contributed by atoms with Crippen LogP contribution in [0.25, 0.3) is 0 Å². The Hall–Kier alpha value is -2.03. The van der Waals surface area contributed by atoms with Gasteiger partial charge in [-0.05, 0) is 24.5 Å². The molecule has 8 heteroatoms. The van der Waals surface area contributed by atoms with Gasteiger partial charge < -0.3 is 0 Å². The van der Waals surface area contributed by atoms with Gasteiger partial charge >= 0.3 is 0 Å². The molecule has 0 aliphatic carbocycles. The molecule has 7 nitrogen and oxygen atoms in total. The molecule has 0 unspecified atom stereocenters. The van der Waals surface area contributed by atoms with Crippen molar-refractivity contribution in [2.45, 2.75) is 18.2 Å². The number of nitrogens with one attached hydrogen (secondary N) is 2. The highest BCUT2D eigenvalue weighted by Crippen LogP contribution is 2.09. The van der Waals surface area contributed by atoms with Crippen LogP contribution in [0.3, 0.4) is 0 Å². The largest absolute Gasteiger partial charge is 0.292 e. The molecule has 0 aliphatic rings. The maximum absolute atomic E-state index is 12.1. The first-order chi connectivity index (χ1) is 10.0. The topological polar surface area (TPSA) is 110 Å². The van der Waals surface area contributed by atoms with Crippen LogP contribution in [-0.4, -0.2) is 24.9 Å². The van der Waals surface area contributed by atoms with E-state index in [0.717, 1.165) is 11.1 Å². The lowest BCUT2D eigenvalue weighted by atomic mass is 10.1. The van der Waals surface area contributed by atoms with Gasteiger partial charge in [0.2, 0.25) is 16.0 Å². The van der Waals surface area contributed by atoms with Crippen molar-refractivity contribution < 1.29 is 8.42 Å². The van der Waals surface area contributed by atoms with Crippen molar-refractivity contribution in [3.05, 3.63) is 47.8 Å². The second-order valence-electron chi connectivity index (χ2n) is 4.46. The van der Waals surface area contributed by atoms with Crippen molar-refractivity contribution >= 4 is 16.0 Å². The highest BCUT2D eigenvalue weighted by molar-refractivity contribution is 7.89. The molecule has 0 amide bonds. The highest BCUT2D eigenvalue weighted by Gasteiger charge is 2.14. The molecule has 0 fully saturated rings. The Balaban J connectivity index is 1.99. The number of anilines is 1. The Labute approximate surface area is 123 Å². The predicted molar refractivity (Wildman–Crippen MR) is 79.9 cm³/mol. The van der Waals surface area contributed by atoms with E-state index in [-0.39, 0.29) is 10.8 Å². The van der Waals surface area contributed by atoms with Crippen LogP contribution < -0.4 is 16.0 Å². The Morgan fingerprint density at radius 3 is 2.48 bits per heavy atom. The van der Waals surface area contributed by atoms with Crippen LogP contribution in [0.5, 0.6) is 0 Å². The minimum atomic E-state index is -3.61. The van der Waals surface area contributed by atoms with Crippen molar-refractivity contribution in [2.24, 2.45) is 5.84 Å². The maximum Gasteiger partial charge on any atom is 0.243 e. The molecule has 0 atom stereocenters. The average molecular weight is 307 g/mol. The van der Waals surface area contributed by atoms with Gasteiger partial charge in [-0.2, -0.15) is 0 Å². The minimum absolute atomic E-state index is 0.00582. The predicted octanol–water partition coefficient (Wildman–Crippen LogP) is 0.592. The maximum atomic E-state index is 12.1. The van der Waals surface area contributed by atoms with E-state index < -0.39 is 10.0 Å². The van der Waals surface area contributed by atoms with Gasteiger partial charge in [0, 0.05) is 6.54 Å². The summed E-state index contributed by atoms with van der Waals surface area (Å²) in [4.78, 5) is 7.56. The number of sulfonamides is 1. The van der Waals surface area contributed by atoms with E-state index in [1.54, 1.807) is 0 Å². The van der Waals surface area contributed by atoms with Gasteiger partial charge in [0.05, 0.1) is 12.4 Å². The summed E-state index contributed by atoms with van der Waals surface area (Å²) in [7, 11) is -3.61. The molecule has 0 radical (unpaired) electrons. The molecular weight excluding hydrogens is 290 g/mol. The first-order valence-electron chi connectivity index (χ1n) is 6.36. The summed E-state index contributed by atoms with van der Waals surface area (Å²) in [5.74, 6) is 5.29. The Kier molecular flexibility index (Phi) is 4.84. The van der Waals surface area contributed by atoms with Gasteiger partial charge in [-0.25, -0.2) is 29.0 Å². The van der Waals surface area contributed by atoms with Crippen molar-refractivity contribution in [1.29, 1.82) is 0 Å². The second kappa shape index (κ2) is 6.61. The van der Waals surface area contributed by atoms with Gasteiger partial charge in [-0.3, -0.25) is 5.43 Å². The van der Waals surface area contributed by atoms with Crippen LogP contribution in [0.4, 0.5) is 5.95 Å². The number of rotatable bonds is 6. The number of hydrogen-bond acceptors (Lipinski definition) is 6. The number of aromatic nitrogens is 2. The van der Waals surface area contributed by atoms with Crippen LogP contribution in [0.2, 0.25) is 0 Å². The molecule has 112 valence electrons. The number of benzene rings is 1. The zero-order chi connectivity index (χ0) is 15.3. The van der Waals surface area contributed by atoms with Crippen molar-refractivity contribution in [2.75, 3.05) is 12.0 Å². The van der Waals surface area contributed by atoms with E-state index in [2.05, 4.69) is 20.1 Å². The van der Waals surface area contributed by atoms with Gasteiger partial charge in [0.15, 0.2) is 0 Å². The fourth-order valence-corrected chi connectivity index (χ4v) is 2.74. The van der Waals surface area contributed by atoms with Gasteiger partial charge in [-0.1, -0.05) is 24.3 Å². The van der Waals surface area contributed by atoms with Crippen LogP contribution in [0, 0.1) is 6.92 Å². The molecule has 1 aromatic heterocycles. The third-order valence-electron chi connectivity index (χ3n) is 3.02.